The van der Waals surface area contributed by atoms with Gasteiger partial charge in [-0.05, 0) is 50.9 Å². The number of hydrogen-bond acceptors (Lipinski definition) is 2. The van der Waals surface area contributed by atoms with E-state index >= 15 is 0 Å². The highest BCUT2D eigenvalue weighted by atomic mass is 19.1. The average molecular weight is 262 g/mol. The number of aryl methyl sites for hydroxylation is 1. The Kier molecular flexibility index (Phi) is 3.27. The molecule has 3 aliphatic rings. The second kappa shape index (κ2) is 4.93. The quantitative estimate of drug-likeness (QED) is 0.883. The van der Waals surface area contributed by atoms with Gasteiger partial charge in [-0.25, -0.2) is 4.39 Å². The summed E-state index contributed by atoms with van der Waals surface area (Å²) in [6.45, 7) is 5.04. The van der Waals surface area contributed by atoms with Crippen LogP contribution in [0.2, 0.25) is 0 Å². The number of piperidine rings is 3. The predicted molar refractivity (Wildman–Crippen MR) is 71.6 cm³/mol. The van der Waals surface area contributed by atoms with Crippen molar-refractivity contribution in [2.24, 2.45) is 5.92 Å². The molecule has 2 bridgehead atoms. The van der Waals surface area contributed by atoms with E-state index in [0.717, 1.165) is 38.0 Å². The fraction of sp³-hybridized carbons (Fsp3) is 0.533. The van der Waals surface area contributed by atoms with Gasteiger partial charge in [-0.3, -0.25) is 4.79 Å². The summed E-state index contributed by atoms with van der Waals surface area (Å²) in [4.78, 5) is 14.6. The van der Waals surface area contributed by atoms with Gasteiger partial charge in [-0.1, -0.05) is 11.6 Å². The van der Waals surface area contributed by atoms with Crippen LogP contribution in [0.3, 0.4) is 0 Å². The van der Waals surface area contributed by atoms with Gasteiger partial charge in [0.25, 0.3) is 5.91 Å². The van der Waals surface area contributed by atoms with E-state index in [9.17, 15) is 9.18 Å². The Morgan fingerprint density at radius 1 is 1.37 bits per heavy atom. The molecule has 0 saturated carbocycles. The topological polar surface area (TPSA) is 32.3 Å². The molecule has 19 heavy (non-hydrogen) atoms. The number of carbonyl (C=O) groups is 1. The molecule has 0 radical (unpaired) electrons. The minimum atomic E-state index is -0.440. The van der Waals surface area contributed by atoms with Crippen molar-refractivity contribution in [3.8, 4) is 0 Å². The summed E-state index contributed by atoms with van der Waals surface area (Å²) in [5.41, 5.74) is 1.07. The highest BCUT2D eigenvalue weighted by Gasteiger charge is 2.35. The average Bonchev–Trinajstić information content (AvgIpc) is 2.43. The Hall–Kier alpha value is -1.42. The molecule has 1 aromatic carbocycles. The lowest BCUT2D eigenvalue weighted by Gasteiger charge is -2.44. The molecule has 0 aromatic heterocycles. The van der Waals surface area contributed by atoms with E-state index in [2.05, 4.69) is 10.2 Å². The minimum absolute atomic E-state index is 0.163. The number of nitrogens with one attached hydrogen (secondary N) is 1. The van der Waals surface area contributed by atoms with Gasteiger partial charge in [0.05, 0.1) is 5.56 Å². The third-order valence-corrected chi connectivity index (χ3v) is 4.34. The maximum atomic E-state index is 13.7. The Morgan fingerprint density at radius 2 is 2.11 bits per heavy atom. The minimum Gasteiger partial charge on any atom is -0.348 e. The normalized spacial score (nSPS) is 29.3. The molecule has 1 unspecified atom stereocenters. The fourth-order valence-corrected chi connectivity index (χ4v) is 3.19. The van der Waals surface area contributed by atoms with Crippen molar-refractivity contribution in [1.82, 2.24) is 10.2 Å². The van der Waals surface area contributed by atoms with E-state index in [1.165, 1.54) is 6.07 Å². The molecule has 4 rings (SSSR count). The zero-order chi connectivity index (χ0) is 13.4. The Balaban J connectivity index is 1.73. The molecule has 102 valence electrons. The molecule has 1 amide bonds. The first-order valence-electron chi connectivity index (χ1n) is 6.93. The van der Waals surface area contributed by atoms with Crippen LogP contribution >= 0.6 is 0 Å². The van der Waals surface area contributed by atoms with Gasteiger partial charge < -0.3 is 10.2 Å². The maximum absolute atomic E-state index is 13.7. The first-order chi connectivity index (χ1) is 9.13. The highest BCUT2D eigenvalue weighted by molar-refractivity contribution is 5.94. The number of carbonyl (C=O) groups excluding carboxylic acids is 1. The summed E-state index contributed by atoms with van der Waals surface area (Å²) in [6, 6.07) is 4.84. The van der Waals surface area contributed by atoms with Gasteiger partial charge in [-0.2, -0.15) is 0 Å². The van der Waals surface area contributed by atoms with Gasteiger partial charge >= 0.3 is 0 Å². The summed E-state index contributed by atoms with van der Waals surface area (Å²) in [7, 11) is 0. The van der Waals surface area contributed by atoms with Crippen molar-refractivity contribution in [2.75, 3.05) is 19.6 Å². The van der Waals surface area contributed by atoms with Crippen LogP contribution in [0.1, 0.15) is 28.8 Å². The van der Waals surface area contributed by atoms with E-state index in [0.29, 0.717) is 5.92 Å². The summed E-state index contributed by atoms with van der Waals surface area (Å²) >= 11 is 0. The Bertz CT molecular complexity index is 495. The van der Waals surface area contributed by atoms with Crippen molar-refractivity contribution in [1.29, 1.82) is 0 Å². The summed E-state index contributed by atoms with van der Waals surface area (Å²) in [6.07, 6.45) is 2.28. The molecular formula is C15H19FN2O. The van der Waals surface area contributed by atoms with E-state index in [4.69, 9.17) is 0 Å². The van der Waals surface area contributed by atoms with Crippen molar-refractivity contribution in [3.63, 3.8) is 0 Å². The van der Waals surface area contributed by atoms with Gasteiger partial charge in [0.1, 0.15) is 5.82 Å². The Labute approximate surface area is 112 Å². The van der Waals surface area contributed by atoms with Crippen LogP contribution < -0.4 is 5.32 Å². The summed E-state index contributed by atoms with van der Waals surface area (Å²) in [5, 5.41) is 3.01. The molecule has 3 fully saturated rings. The van der Waals surface area contributed by atoms with E-state index in [1.807, 2.05) is 6.92 Å². The fourth-order valence-electron chi connectivity index (χ4n) is 3.19. The van der Waals surface area contributed by atoms with E-state index < -0.39 is 5.82 Å². The first kappa shape index (κ1) is 12.6. The molecule has 1 aromatic rings. The molecule has 3 heterocycles. The number of fused-ring (bicyclic) bond motifs is 3. The molecule has 0 aliphatic carbocycles. The molecule has 1 atom stereocenters. The lowest BCUT2D eigenvalue weighted by Crippen LogP contribution is -2.57. The SMILES string of the molecule is Cc1ccc(F)c(C(=O)NC2CN3CCC2CC3)c1. The number of hydrogen-bond donors (Lipinski definition) is 1. The van der Waals surface area contributed by atoms with Crippen LogP contribution in [0, 0.1) is 18.7 Å². The second-order valence-corrected chi connectivity index (χ2v) is 5.70. The van der Waals surface area contributed by atoms with Crippen molar-refractivity contribution < 1.29 is 9.18 Å². The molecule has 3 aliphatic heterocycles. The van der Waals surface area contributed by atoms with Crippen LogP contribution in [0.5, 0.6) is 0 Å². The summed E-state index contributed by atoms with van der Waals surface area (Å²) in [5.74, 6) is -0.161. The van der Waals surface area contributed by atoms with Crippen LogP contribution in [0.4, 0.5) is 4.39 Å². The smallest absolute Gasteiger partial charge is 0.254 e. The van der Waals surface area contributed by atoms with Crippen LogP contribution in [-0.4, -0.2) is 36.5 Å². The molecule has 3 saturated heterocycles. The van der Waals surface area contributed by atoms with E-state index in [-0.39, 0.29) is 17.5 Å². The number of benzene rings is 1. The first-order valence-corrected chi connectivity index (χ1v) is 6.93. The number of halogens is 1. The third kappa shape index (κ3) is 2.50. The van der Waals surface area contributed by atoms with Crippen molar-refractivity contribution >= 4 is 5.91 Å². The molecular weight excluding hydrogens is 243 g/mol. The third-order valence-electron chi connectivity index (χ3n) is 4.34. The highest BCUT2D eigenvalue weighted by Crippen LogP contribution is 2.27. The van der Waals surface area contributed by atoms with Crippen LogP contribution in [0.15, 0.2) is 18.2 Å². The van der Waals surface area contributed by atoms with Gasteiger partial charge in [0.15, 0.2) is 0 Å². The van der Waals surface area contributed by atoms with Crippen LogP contribution in [-0.2, 0) is 0 Å². The second-order valence-electron chi connectivity index (χ2n) is 5.70. The van der Waals surface area contributed by atoms with Crippen LogP contribution in [0.25, 0.3) is 0 Å². The summed E-state index contributed by atoms with van der Waals surface area (Å²) < 4.78 is 13.7. The lowest BCUT2D eigenvalue weighted by molar-refractivity contribution is 0.0618. The maximum Gasteiger partial charge on any atom is 0.254 e. The van der Waals surface area contributed by atoms with Crippen molar-refractivity contribution in [3.05, 3.63) is 35.1 Å². The molecule has 1 N–H and O–H groups in total. The molecule has 0 spiro atoms. The number of rotatable bonds is 2. The monoisotopic (exact) mass is 262 g/mol. The van der Waals surface area contributed by atoms with Crippen molar-refractivity contribution in [2.45, 2.75) is 25.8 Å². The largest absolute Gasteiger partial charge is 0.348 e. The molecule has 4 heteroatoms. The zero-order valence-electron chi connectivity index (χ0n) is 11.2. The van der Waals surface area contributed by atoms with Gasteiger partial charge in [0, 0.05) is 12.6 Å². The lowest BCUT2D eigenvalue weighted by atomic mass is 9.84. The number of nitrogens with zero attached hydrogens (tertiary/aromatic N) is 1. The van der Waals surface area contributed by atoms with Gasteiger partial charge in [0.2, 0.25) is 0 Å². The predicted octanol–water partition coefficient (Wildman–Crippen LogP) is 1.96. The molecule has 3 nitrogen and oxygen atoms in total. The van der Waals surface area contributed by atoms with E-state index in [1.54, 1.807) is 12.1 Å². The van der Waals surface area contributed by atoms with Gasteiger partial charge in [-0.15, -0.1) is 0 Å². The zero-order valence-corrected chi connectivity index (χ0v) is 11.2. The standard InChI is InChI=1S/C15H19FN2O/c1-10-2-3-13(16)12(8-10)15(19)17-14-9-18-6-4-11(14)5-7-18/h2-3,8,11,14H,4-7,9H2,1H3,(H,17,19). The Morgan fingerprint density at radius 3 is 2.74 bits per heavy atom. The number of amides is 1.